The Kier molecular flexibility index (Phi) is 1.09. The van der Waals surface area contributed by atoms with Crippen LogP contribution in [0.15, 0.2) is 18.2 Å². The molecule has 2 rings (SSSR count). The van der Waals surface area contributed by atoms with Crippen LogP contribution in [0.1, 0.15) is 0 Å². The highest BCUT2D eigenvalue weighted by molar-refractivity contribution is 6.26. The van der Waals surface area contributed by atoms with E-state index in [1.807, 2.05) is 6.07 Å². The quantitative estimate of drug-likeness (QED) is 0.496. The van der Waals surface area contributed by atoms with Gasteiger partial charge in [0.1, 0.15) is 0 Å². The minimum Gasteiger partial charge on any atom is -0.399 e. The van der Waals surface area contributed by atoms with Crippen molar-refractivity contribution >= 4 is 23.6 Å². The van der Waals surface area contributed by atoms with Crippen molar-refractivity contribution in [2.45, 2.75) is 0 Å². The van der Waals surface area contributed by atoms with Gasteiger partial charge in [0.05, 0.1) is 0 Å². The summed E-state index contributed by atoms with van der Waals surface area (Å²) in [5, 5.41) is 1.89. The number of nitrogens with two attached hydrogens (primary N) is 1. The molecule has 0 radical (unpaired) electrons. The van der Waals surface area contributed by atoms with Crippen LogP contribution in [0, 0.1) is 0 Å². The zero-order valence-electron chi connectivity index (χ0n) is 5.87. The van der Waals surface area contributed by atoms with Crippen molar-refractivity contribution in [3.05, 3.63) is 28.6 Å². The van der Waals surface area contributed by atoms with Gasteiger partial charge >= 0.3 is 0 Å². The summed E-state index contributed by atoms with van der Waals surface area (Å²) in [5.41, 5.74) is 6.23. The molecule has 11 heavy (non-hydrogen) atoms. The average Bonchev–Trinajstić information content (AvgIpc) is 2.27. The highest BCUT2D eigenvalue weighted by Crippen LogP contribution is 1.93. The largest absolute Gasteiger partial charge is 0.399 e. The predicted molar refractivity (Wildman–Crippen MR) is 44.0 cm³/mol. The van der Waals surface area contributed by atoms with Crippen LogP contribution >= 0.6 is 0 Å². The number of nitrogen functional groups attached to an aromatic ring is 1. The molecule has 0 aliphatic heterocycles. The molecule has 1 aliphatic rings. The Labute approximate surface area is 63.6 Å². The van der Waals surface area contributed by atoms with Crippen LogP contribution in [0.2, 0.25) is 0 Å². The third kappa shape index (κ3) is 0.923. The molecule has 54 valence electrons. The fourth-order valence-electron chi connectivity index (χ4n) is 1.20. The molecule has 0 fully saturated rings. The minimum atomic E-state index is 0.0469. The highest BCUT2D eigenvalue weighted by Gasteiger charge is 1.99. The molecule has 1 aliphatic carbocycles. The van der Waals surface area contributed by atoms with E-state index in [0.717, 1.165) is 10.4 Å². The van der Waals surface area contributed by atoms with Crippen LogP contribution in [-0.2, 0) is 4.79 Å². The van der Waals surface area contributed by atoms with E-state index in [4.69, 9.17) is 5.73 Å². The van der Waals surface area contributed by atoms with Crippen molar-refractivity contribution in [1.29, 1.82) is 0 Å². The van der Waals surface area contributed by atoms with Crippen molar-refractivity contribution in [3.63, 3.8) is 0 Å². The van der Waals surface area contributed by atoms with Gasteiger partial charge in [-0.25, -0.2) is 0 Å². The van der Waals surface area contributed by atoms with Gasteiger partial charge in [-0.05, 0) is 34.7 Å². The van der Waals surface area contributed by atoms with Crippen molar-refractivity contribution in [2.24, 2.45) is 0 Å². The Morgan fingerprint density at radius 3 is 2.64 bits per heavy atom. The summed E-state index contributed by atoms with van der Waals surface area (Å²) in [6.45, 7) is 0. The zero-order chi connectivity index (χ0) is 7.84. The highest BCUT2D eigenvalue weighted by atomic mass is 16.1. The van der Waals surface area contributed by atoms with E-state index >= 15 is 0 Å². The van der Waals surface area contributed by atoms with E-state index < -0.39 is 0 Å². The second-order valence-corrected chi connectivity index (χ2v) is 2.58. The van der Waals surface area contributed by atoms with Gasteiger partial charge in [-0.2, -0.15) is 0 Å². The predicted octanol–water partition coefficient (Wildman–Crippen LogP) is -0.588. The van der Waals surface area contributed by atoms with Gasteiger partial charge in [0.2, 0.25) is 0 Å². The normalized spacial score (nSPS) is 13.6. The topological polar surface area (TPSA) is 43.1 Å². The fourth-order valence-corrected chi connectivity index (χ4v) is 1.20. The van der Waals surface area contributed by atoms with Gasteiger partial charge in [0.25, 0.3) is 0 Å². The van der Waals surface area contributed by atoms with Crippen LogP contribution in [0.3, 0.4) is 0 Å². The van der Waals surface area contributed by atoms with Gasteiger partial charge in [-0.1, -0.05) is 6.07 Å². The zero-order valence-corrected chi connectivity index (χ0v) is 5.87. The molecule has 0 amide bonds. The van der Waals surface area contributed by atoms with Crippen LogP contribution < -0.4 is 16.2 Å². The molecule has 0 atom stereocenters. The van der Waals surface area contributed by atoms with Crippen LogP contribution in [0.5, 0.6) is 0 Å². The molecule has 0 bridgehead atoms. The molecule has 0 saturated heterocycles. The van der Waals surface area contributed by atoms with Crippen LogP contribution in [0.4, 0.5) is 5.69 Å². The van der Waals surface area contributed by atoms with Crippen molar-refractivity contribution in [3.8, 4) is 0 Å². The molecule has 1 aromatic carbocycles. The smallest absolute Gasteiger partial charge is 0.179 e. The van der Waals surface area contributed by atoms with Gasteiger partial charge in [-0.3, -0.25) is 4.79 Å². The first-order valence-corrected chi connectivity index (χ1v) is 3.39. The Bertz CT molecular complexity index is 431. The number of hydrogen-bond donors (Lipinski definition) is 1. The summed E-state index contributed by atoms with van der Waals surface area (Å²) >= 11 is 0. The lowest BCUT2D eigenvalue weighted by Gasteiger charge is -1.88. The molecule has 0 unspecified atom stereocenters. The summed E-state index contributed by atoms with van der Waals surface area (Å²) in [5.74, 6) is 0.0469. The maximum atomic E-state index is 10.9. The SMILES string of the molecule is Nc1ccc2c(c1)=CC(=O)C=2. The Hall–Kier alpha value is -1.57. The third-order valence-electron chi connectivity index (χ3n) is 1.71. The first-order valence-electron chi connectivity index (χ1n) is 3.39. The van der Waals surface area contributed by atoms with Crippen molar-refractivity contribution < 1.29 is 4.79 Å². The molecule has 0 heterocycles. The second-order valence-electron chi connectivity index (χ2n) is 2.58. The lowest BCUT2D eigenvalue weighted by Crippen LogP contribution is -2.20. The Balaban J connectivity index is 2.89. The molecule has 2 N–H and O–H groups in total. The lowest BCUT2D eigenvalue weighted by atomic mass is 10.2. The first kappa shape index (κ1) is 6.16. The molecule has 0 spiro atoms. The van der Waals surface area contributed by atoms with Crippen molar-refractivity contribution in [2.75, 3.05) is 5.73 Å². The third-order valence-corrected chi connectivity index (χ3v) is 1.71. The van der Waals surface area contributed by atoms with Crippen LogP contribution in [0.25, 0.3) is 12.2 Å². The second kappa shape index (κ2) is 1.95. The monoisotopic (exact) mass is 145 g/mol. The number of rotatable bonds is 0. The first-order chi connectivity index (χ1) is 5.25. The maximum Gasteiger partial charge on any atom is 0.179 e. The lowest BCUT2D eigenvalue weighted by molar-refractivity contribution is -0.107. The van der Waals surface area contributed by atoms with Gasteiger partial charge in [-0.15, -0.1) is 0 Å². The number of carbonyl (C=O) groups is 1. The fraction of sp³-hybridized carbons (Fsp3) is 0. The van der Waals surface area contributed by atoms with Gasteiger partial charge < -0.3 is 5.73 Å². The maximum absolute atomic E-state index is 10.9. The number of carbonyl (C=O) groups excluding carboxylic acids is 1. The standard InChI is InChI=1S/C9H7NO/c10-8-2-1-6-4-9(11)5-7(6)3-8/h1-5H,10H2. The molecule has 0 aromatic heterocycles. The Morgan fingerprint density at radius 1 is 1.09 bits per heavy atom. The summed E-state index contributed by atoms with van der Waals surface area (Å²) in [6, 6.07) is 5.45. The van der Waals surface area contributed by atoms with E-state index in [2.05, 4.69) is 0 Å². The van der Waals surface area contributed by atoms with E-state index in [9.17, 15) is 4.79 Å². The van der Waals surface area contributed by atoms with Crippen LogP contribution in [-0.4, -0.2) is 5.78 Å². The Morgan fingerprint density at radius 2 is 1.82 bits per heavy atom. The number of ketones is 1. The molecular formula is C9H7NO. The molecule has 2 nitrogen and oxygen atoms in total. The average molecular weight is 145 g/mol. The number of anilines is 1. The minimum absolute atomic E-state index is 0.0469. The number of benzene rings is 1. The molecule has 1 aromatic rings. The summed E-state index contributed by atoms with van der Waals surface area (Å²) in [7, 11) is 0. The van der Waals surface area contributed by atoms with Crippen molar-refractivity contribution in [1.82, 2.24) is 0 Å². The van der Waals surface area contributed by atoms with E-state index in [1.165, 1.54) is 0 Å². The van der Waals surface area contributed by atoms with E-state index in [0.29, 0.717) is 5.69 Å². The van der Waals surface area contributed by atoms with E-state index in [1.54, 1.807) is 24.3 Å². The van der Waals surface area contributed by atoms with Gasteiger partial charge in [0, 0.05) is 5.69 Å². The molecule has 0 saturated carbocycles. The summed E-state index contributed by atoms with van der Waals surface area (Å²) in [4.78, 5) is 10.9. The summed E-state index contributed by atoms with van der Waals surface area (Å²) < 4.78 is 0. The van der Waals surface area contributed by atoms with E-state index in [-0.39, 0.29) is 5.78 Å². The van der Waals surface area contributed by atoms with Gasteiger partial charge in [0.15, 0.2) is 5.78 Å². The summed E-state index contributed by atoms with van der Waals surface area (Å²) in [6.07, 6.45) is 3.19. The number of hydrogen-bond acceptors (Lipinski definition) is 2. The molecule has 2 heteroatoms. The number of fused-ring (bicyclic) bond motifs is 1. The molecular weight excluding hydrogens is 138 g/mol. The number of Topliss-reactive ketones (excluding diaryl/α,β-unsaturated/α-hetero) is 1.